The number of aliphatic imine (C=N–C) groups is 1. The van der Waals surface area contributed by atoms with Crippen LogP contribution in [0.15, 0.2) is 47.7 Å². The van der Waals surface area contributed by atoms with Crippen molar-refractivity contribution in [3.63, 3.8) is 0 Å². The number of nitrogens with one attached hydrogen (secondary N) is 2. The molecule has 1 unspecified atom stereocenters. The van der Waals surface area contributed by atoms with Gasteiger partial charge in [0, 0.05) is 31.4 Å². The lowest BCUT2D eigenvalue weighted by Crippen LogP contribution is -2.43. The molecular weight excluding hydrogens is 465 g/mol. The van der Waals surface area contributed by atoms with Gasteiger partial charge in [0.25, 0.3) is 0 Å². The molecule has 142 valence electrons. The van der Waals surface area contributed by atoms with Crippen molar-refractivity contribution in [3.8, 4) is 0 Å². The van der Waals surface area contributed by atoms with Crippen LogP contribution in [0, 0.1) is 0 Å². The predicted molar refractivity (Wildman–Crippen MR) is 114 cm³/mol. The van der Waals surface area contributed by atoms with Gasteiger partial charge >= 0.3 is 0 Å². The summed E-state index contributed by atoms with van der Waals surface area (Å²) in [6.07, 6.45) is 4.44. The summed E-state index contributed by atoms with van der Waals surface area (Å²) >= 11 is 0. The van der Waals surface area contributed by atoms with Crippen LogP contribution in [0.2, 0.25) is 0 Å². The predicted octanol–water partition coefficient (Wildman–Crippen LogP) is 1.40. The number of rotatable bonds is 5. The van der Waals surface area contributed by atoms with Crippen LogP contribution in [0.25, 0.3) is 0 Å². The summed E-state index contributed by atoms with van der Waals surface area (Å²) in [6.45, 7) is 1.31. The highest BCUT2D eigenvalue weighted by Crippen LogP contribution is 2.11. The summed E-state index contributed by atoms with van der Waals surface area (Å²) in [5.74, 6) is 1.02. The van der Waals surface area contributed by atoms with Gasteiger partial charge < -0.3 is 10.6 Å². The Hall–Kier alpha value is -1.62. The first-order valence-electron chi connectivity index (χ1n) is 8.27. The molecular formula is C17H24IN5O2S. The van der Waals surface area contributed by atoms with Gasteiger partial charge in [-0.05, 0) is 12.0 Å². The van der Waals surface area contributed by atoms with Crippen molar-refractivity contribution in [2.24, 2.45) is 4.99 Å². The lowest BCUT2D eigenvalue weighted by molar-refractivity contribution is 0.599. The summed E-state index contributed by atoms with van der Waals surface area (Å²) in [4.78, 5) is 4.16. The highest BCUT2D eigenvalue weighted by atomic mass is 127. The standard InChI is InChI=1S/C17H23N5O2S.HI/c1-18-17(21-16-7-8-25(23,24)13-16)19-9-15-10-20-22(12-15)11-14-5-3-2-4-6-14;/h2-6,10,12,16H,7-9,11,13H2,1H3,(H2,18,19,21);1H. The molecule has 2 N–H and O–H groups in total. The van der Waals surface area contributed by atoms with Crippen LogP contribution in [0.4, 0.5) is 0 Å². The molecule has 2 aromatic rings. The topological polar surface area (TPSA) is 88.4 Å². The lowest BCUT2D eigenvalue weighted by Gasteiger charge is -2.15. The van der Waals surface area contributed by atoms with Crippen molar-refractivity contribution in [1.29, 1.82) is 0 Å². The van der Waals surface area contributed by atoms with Gasteiger partial charge in [-0.15, -0.1) is 24.0 Å². The van der Waals surface area contributed by atoms with E-state index in [9.17, 15) is 8.42 Å². The van der Waals surface area contributed by atoms with Gasteiger partial charge in [0.2, 0.25) is 0 Å². The molecule has 2 heterocycles. The zero-order chi connectivity index (χ0) is 17.7. The normalized spacial score (nSPS) is 19.0. The minimum absolute atomic E-state index is 0. The van der Waals surface area contributed by atoms with Crippen molar-refractivity contribution in [1.82, 2.24) is 20.4 Å². The zero-order valence-corrected chi connectivity index (χ0v) is 17.8. The van der Waals surface area contributed by atoms with Crippen LogP contribution >= 0.6 is 24.0 Å². The van der Waals surface area contributed by atoms with E-state index in [1.54, 1.807) is 7.05 Å². The number of hydrogen-bond donors (Lipinski definition) is 2. The highest BCUT2D eigenvalue weighted by molar-refractivity contribution is 14.0. The van der Waals surface area contributed by atoms with Crippen molar-refractivity contribution in [3.05, 3.63) is 53.9 Å². The van der Waals surface area contributed by atoms with E-state index in [1.165, 1.54) is 5.56 Å². The third-order valence-electron chi connectivity index (χ3n) is 4.13. The van der Waals surface area contributed by atoms with E-state index in [-0.39, 0.29) is 41.5 Å². The molecule has 1 aromatic heterocycles. The molecule has 0 bridgehead atoms. The molecule has 7 nitrogen and oxygen atoms in total. The first kappa shape index (κ1) is 20.7. The van der Waals surface area contributed by atoms with Crippen molar-refractivity contribution in [2.45, 2.75) is 25.6 Å². The fourth-order valence-corrected chi connectivity index (χ4v) is 4.51. The molecule has 1 aromatic carbocycles. The second-order valence-electron chi connectivity index (χ2n) is 6.20. The minimum atomic E-state index is -2.90. The first-order chi connectivity index (χ1) is 12.0. The van der Waals surface area contributed by atoms with E-state index in [0.29, 0.717) is 18.9 Å². The van der Waals surface area contributed by atoms with Crippen LogP contribution in [0.1, 0.15) is 17.5 Å². The number of benzene rings is 1. The maximum absolute atomic E-state index is 11.5. The summed E-state index contributed by atoms with van der Waals surface area (Å²) in [7, 11) is -1.22. The van der Waals surface area contributed by atoms with Crippen LogP contribution in [0.3, 0.4) is 0 Å². The monoisotopic (exact) mass is 489 g/mol. The average Bonchev–Trinajstić information content (AvgIpc) is 3.18. The van der Waals surface area contributed by atoms with E-state index in [4.69, 9.17) is 0 Å². The summed E-state index contributed by atoms with van der Waals surface area (Å²) in [5, 5.41) is 10.8. The highest BCUT2D eigenvalue weighted by Gasteiger charge is 2.28. The fraction of sp³-hybridized carbons (Fsp3) is 0.412. The van der Waals surface area contributed by atoms with Gasteiger partial charge in [-0.1, -0.05) is 30.3 Å². The molecule has 0 spiro atoms. The first-order valence-corrected chi connectivity index (χ1v) is 10.1. The fourth-order valence-electron chi connectivity index (χ4n) is 2.84. The maximum Gasteiger partial charge on any atom is 0.191 e. The SMILES string of the molecule is CN=C(NCc1cnn(Cc2ccccc2)c1)NC1CCS(=O)(=O)C1.I. The third kappa shape index (κ3) is 5.97. The number of nitrogens with zero attached hydrogens (tertiary/aromatic N) is 3. The molecule has 0 amide bonds. The number of aromatic nitrogens is 2. The van der Waals surface area contributed by atoms with Crippen LogP contribution in [0.5, 0.6) is 0 Å². The largest absolute Gasteiger partial charge is 0.353 e. The van der Waals surface area contributed by atoms with E-state index in [0.717, 1.165) is 12.1 Å². The Morgan fingerprint density at radius 3 is 2.73 bits per heavy atom. The third-order valence-corrected chi connectivity index (χ3v) is 5.90. The zero-order valence-electron chi connectivity index (χ0n) is 14.6. The molecule has 0 aliphatic carbocycles. The number of hydrogen-bond acceptors (Lipinski definition) is 4. The quantitative estimate of drug-likeness (QED) is 0.377. The van der Waals surface area contributed by atoms with Crippen LogP contribution in [-0.4, -0.2) is 48.8 Å². The molecule has 0 radical (unpaired) electrons. The summed E-state index contributed by atoms with van der Waals surface area (Å²) in [5.41, 5.74) is 2.24. The summed E-state index contributed by atoms with van der Waals surface area (Å²) < 4.78 is 25.0. The van der Waals surface area contributed by atoms with Crippen LogP contribution < -0.4 is 10.6 Å². The molecule has 26 heavy (non-hydrogen) atoms. The molecule has 0 saturated carbocycles. The molecule has 3 rings (SSSR count). The van der Waals surface area contributed by atoms with Crippen molar-refractivity contribution < 1.29 is 8.42 Å². The van der Waals surface area contributed by atoms with Gasteiger partial charge in [0.05, 0.1) is 24.2 Å². The molecule has 1 aliphatic rings. The van der Waals surface area contributed by atoms with Gasteiger partial charge in [0.15, 0.2) is 15.8 Å². The minimum Gasteiger partial charge on any atom is -0.353 e. The maximum atomic E-state index is 11.5. The van der Waals surface area contributed by atoms with E-state index < -0.39 is 9.84 Å². The van der Waals surface area contributed by atoms with Gasteiger partial charge in [0.1, 0.15) is 0 Å². The number of sulfone groups is 1. The summed E-state index contributed by atoms with van der Waals surface area (Å²) in [6, 6.07) is 10.1. The van der Waals surface area contributed by atoms with Crippen molar-refractivity contribution >= 4 is 39.8 Å². The van der Waals surface area contributed by atoms with Gasteiger partial charge in [-0.3, -0.25) is 9.67 Å². The Morgan fingerprint density at radius 1 is 1.31 bits per heavy atom. The lowest BCUT2D eigenvalue weighted by atomic mass is 10.2. The number of guanidine groups is 1. The average molecular weight is 489 g/mol. The van der Waals surface area contributed by atoms with Crippen molar-refractivity contribution in [2.75, 3.05) is 18.6 Å². The number of halogens is 1. The Bertz CT molecular complexity index is 836. The van der Waals surface area contributed by atoms with Gasteiger partial charge in [-0.2, -0.15) is 5.10 Å². The molecule has 9 heteroatoms. The van der Waals surface area contributed by atoms with Crippen LogP contribution in [-0.2, 0) is 22.9 Å². The van der Waals surface area contributed by atoms with Gasteiger partial charge in [-0.25, -0.2) is 8.42 Å². The molecule has 1 atom stereocenters. The molecule has 1 saturated heterocycles. The molecule has 1 aliphatic heterocycles. The van der Waals surface area contributed by atoms with E-state index >= 15 is 0 Å². The second-order valence-corrected chi connectivity index (χ2v) is 8.43. The Labute approximate surface area is 171 Å². The smallest absolute Gasteiger partial charge is 0.191 e. The Morgan fingerprint density at radius 2 is 2.08 bits per heavy atom. The second kappa shape index (κ2) is 9.36. The molecule has 1 fully saturated rings. The van der Waals surface area contributed by atoms with E-state index in [1.807, 2.05) is 35.3 Å². The Balaban J connectivity index is 0.00000243. The Kier molecular flexibility index (Phi) is 7.44. The van der Waals surface area contributed by atoms with E-state index in [2.05, 4.69) is 32.9 Å².